The van der Waals surface area contributed by atoms with Crippen molar-refractivity contribution in [1.82, 2.24) is 0 Å². The minimum absolute atomic E-state index is 0.671. The lowest BCUT2D eigenvalue weighted by molar-refractivity contribution is 0.0732. The number of rotatable bonds is 10. The topological polar surface area (TPSA) is 27.7 Å². The van der Waals surface area contributed by atoms with Crippen LogP contribution in [0.5, 0.6) is 0 Å². The molecule has 21 heavy (non-hydrogen) atoms. The first-order valence-corrected chi connectivity index (χ1v) is 10.6. The van der Waals surface area contributed by atoms with Crippen molar-refractivity contribution in [2.45, 2.75) is 47.0 Å². The van der Waals surface area contributed by atoms with Gasteiger partial charge in [0, 0.05) is 28.6 Å². The third-order valence-electron chi connectivity index (χ3n) is 3.01. The fourth-order valence-corrected chi connectivity index (χ4v) is 5.45. The third kappa shape index (κ3) is 5.63. The van der Waals surface area contributed by atoms with E-state index in [-0.39, 0.29) is 0 Å². The summed E-state index contributed by atoms with van der Waals surface area (Å²) in [7, 11) is -2.79. The first-order chi connectivity index (χ1) is 10.1. The number of halogens is 1. The molecular weight excluding hydrogens is 395 g/mol. The summed E-state index contributed by atoms with van der Waals surface area (Å²) in [4.78, 5) is 0. The lowest BCUT2D eigenvalue weighted by Crippen LogP contribution is -2.57. The molecule has 0 bridgehead atoms. The molecule has 0 aliphatic rings. The predicted octanol–water partition coefficient (Wildman–Crippen LogP) is 4.03. The van der Waals surface area contributed by atoms with Crippen LogP contribution in [0.25, 0.3) is 0 Å². The van der Waals surface area contributed by atoms with Crippen LogP contribution in [0.3, 0.4) is 0 Å². The Bertz CT molecular complexity index is 404. The highest BCUT2D eigenvalue weighted by Crippen LogP contribution is 2.16. The van der Waals surface area contributed by atoms with Crippen molar-refractivity contribution in [3.8, 4) is 0 Å². The van der Waals surface area contributed by atoms with Crippen molar-refractivity contribution >= 4 is 36.6 Å². The molecule has 0 spiro atoms. The zero-order valence-electron chi connectivity index (χ0n) is 13.6. The van der Waals surface area contributed by atoms with E-state index >= 15 is 0 Å². The number of hydrogen-bond donors (Lipinski definition) is 0. The minimum Gasteiger partial charge on any atom is -0.370 e. The second-order valence-electron chi connectivity index (χ2n) is 5.07. The molecule has 0 aromatic heterocycles. The van der Waals surface area contributed by atoms with Crippen molar-refractivity contribution in [2.75, 3.05) is 19.8 Å². The average Bonchev–Trinajstić information content (AvgIpc) is 2.50. The maximum absolute atomic E-state index is 6.16. The molecule has 5 heteroatoms. The molecule has 0 atom stereocenters. The lowest BCUT2D eigenvalue weighted by Gasteiger charge is -2.30. The zero-order valence-corrected chi connectivity index (χ0v) is 16.7. The summed E-state index contributed by atoms with van der Waals surface area (Å²) < 4.78 is 19.7. The molecule has 0 radical (unpaired) electrons. The van der Waals surface area contributed by atoms with E-state index in [0.717, 1.165) is 24.4 Å². The Balaban J connectivity index is 3.12. The quantitative estimate of drug-likeness (QED) is 0.421. The molecule has 1 aromatic rings. The maximum atomic E-state index is 6.16. The Hall–Kier alpha value is 0.0469. The van der Waals surface area contributed by atoms with Crippen LogP contribution in [0.15, 0.2) is 18.2 Å². The number of benzene rings is 1. The summed E-state index contributed by atoms with van der Waals surface area (Å²) in [6, 6.07) is 6.38. The standard InChI is InChI=1S/C16H27IO3Si/c1-5-10-18-21(19-11-6-2,20-12-7-3)15-9-8-14(4)16(17)13-15/h8-9,13H,5-7,10-12H2,1-4H3. The van der Waals surface area contributed by atoms with Gasteiger partial charge in [0.25, 0.3) is 0 Å². The highest BCUT2D eigenvalue weighted by Gasteiger charge is 2.43. The molecule has 0 saturated heterocycles. The van der Waals surface area contributed by atoms with E-state index in [1.54, 1.807) is 0 Å². The van der Waals surface area contributed by atoms with Gasteiger partial charge in [0.2, 0.25) is 0 Å². The van der Waals surface area contributed by atoms with Gasteiger partial charge in [-0.3, -0.25) is 0 Å². The van der Waals surface area contributed by atoms with Crippen LogP contribution in [-0.4, -0.2) is 28.6 Å². The van der Waals surface area contributed by atoms with Gasteiger partial charge in [-0.05, 0) is 60.4 Å². The van der Waals surface area contributed by atoms with Gasteiger partial charge in [-0.15, -0.1) is 0 Å². The van der Waals surface area contributed by atoms with Crippen molar-refractivity contribution < 1.29 is 13.3 Å². The van der Waals surface area contributed by atoms with Crippen LogP contribution in [0.1, 0.15) is 45.6 Å². The number of hydrogen-bond acceptors (Lipinski definition) is 3. The summed E-state index contributed by atoms with van der Waals surface area (Å²) >= 11 is 2.36. The van der Waals surface area contributed by atoms with E-state index in [0.29, 0.717) is 19.8 Å². The van der Waals surface area contributed by atoms with Gasteiger partial charge in [-0.25, -0.2) is 0 Å². The molecule has 0 aliphatic carbocycles. The van der Waals surface area contributed by atoms with Crippen LogP contribution < -0.4 is 5.19 Å². The lowest BCUT2D eigenvalue weighted by atomic mass is 10.2. The summed E-state index contributed by atoms with van der Waals surface area (Å²) in [6.07, 6.45) is 2.88. The monoisotopic (exact) mass is 422 g/mol. The zero-order chi connectivity index (χ0) is 15.7. The highest BCUT2D eigenvalue weighted by molar-refractivity contribution is 14.1. The van der Waals surface area contributed by atoms with Crippen molar-refractivity contribution in [3.05, 3.63) is 27.3 Å². The summed E-state index contributed by atoms with van der Waals surface area (Å²) in [5.74, 6) is 0. The van der Waals surface area contributed by atoms with Gasteiger partial charge in [0.1, 0.15) is 0 Å². The molecule has 0 N–H and O–H groups in total. The van der Waals surface area contributed by atoms with Gasteiger partial charge in [0.05, 0.1) is 0 Å². The highest BCUT2D eigenvalue weighted by atomic mass is 127. The van der Waals surface area contributed by atoms with Crippen LogP contribution in [0.2, 0.25) is 0 Å². The fourth-order valence-electron chi connectivity index (χ4n) is 1.87. The van der Waals surface area contributed by atoms with Crippen LogP contribution in [0.4, 0.5) is 0 Å². The second kappa shape index (κ2) is 9.94. The molecule has 1 aromatic carbocycles. The van der Waals surface area contributed by atoms with Crippen molar-refractivity contribution in [3.63, 3.8) is 0 Å². The van der Waals surface area contributed by atoms with Crippen molar-refractivity contribution in [1.29, 1.82) is 0 Å². The van der Waals surface area contributed by atoms with Crippen LogP contribution in [0, 0.1) is 10.5 Å². The molecule has 0 heterocycles. The minimum atomic E-state index is -2.79. The average molecular weight is 422 g/mol. The van der Waals surface area contributed by atoms with Gasteiger partial charge < -0.3 is 13.3 Å². The SMILES string of the molecule is CCCO[Si](OCCC)(OCCC)c1ccc(C)c(I)c1. The Kier molecular flexibility index (Phi) is 9.04. The third-order valence-corrected chi connectivity index (χ3v) is 6.95. The summed E-state index contributed by atoms with van der Waals surface area (Å²) in [5.41, 5.74) is 1.27. The fraction of sp³-hybridized carbons (Fsp3) is 0.625. The molecule has 0 fully saturated rings. The Labute approximate surface area is 143 Å². The first kappa shape index (κ1) is 19.1. The molecular formula is C16H27IO3Si. The van der Waals surface area contributed by atoms with Gasteiger partial charge in [-0.1, -0.05) is 32.9 Å². The van der Waals surface area contributed by atoms with Crippen LogP contribution in [-0.2, 0) is 13.3 Å². The van der Waals surface area contributed by atoms with E-state index in [1.165, 1.54) is 9.13 Å². The molecule has 0 amide bonds. The maximum Gasteiger partial charge on any atom is 0.537 e. The summed E-state index contributed by atoms with van der Waals surface area (Å²) in [6.45, 7) is 10.5. The van der Waals surface area contributed by atoms with E-state index in [1.807, 2.05) is 0 Å². The molecule has 1 rings (SSSR count). The molecule has 120 valence electrons. The number of aryl methyl sites for hydroxylation is 1. The first-order valence-electron chi connectivity index (χ1n) is 7.78. The van der Waals surface area contributed by atoms with Gasteiger partial charge in [-0.2, -0.15) is 0 Å². The second-order valence-corrected chi connectivity index (χ2v) is 8.78. The van der Waals surface area contributed by atoms with E-state index < -0.39 is 8.80 Å². The van der Waals surface area contributed by atoms with Crippen molar-refractivity contribution in [2.24, 2.45) is 0 Å². The Morgan fingerprint density at radius 1 is 0.905 bits per heavy atom. The van der Waals surface area contributed by atoms with E-state index in [9.17, 15) is 0 Å². The van der Waals surface area contributed by atoms with Crippen LogP contribution >= 0.6 is 22.6 Å². The van der Waals surface area contributed by atoms with Gasteiger partial charge in [0.15, 0.2) is 0 Å². The molecule has 0 unspecified atom stereocenters. The smallest absolute Gasteiger partial charge is 0.370 e. The van der Waals surface area contributed by atoms with Gasteiger partial charge >= 0.3 is 8.80 Å². The largest absolute Gasteiger partial charge is 0.537 e. The Morgan fingerprint density at radius 3 is 1.76 bits per heavy atom. The van der Waals surface area contributed by atoms with E-state index in [2.05, 4.69) is 68.5 Å². The molecule has 0 aliphatic heterocycles. The predicted molar refractivity (Wildman–Crippen MR) is 98.0 cm³/mol. The van der Waals surface area contributed by atoms with E-state index in [4.69, 9.17) is 13.3 Å². The molecule has 3 nitrogen and oxygen atoms in total. The molecule has 0 saturated carbocycles. The normalized spacial score (nSPS) is 11.9. The summed E-state index contributed by atoms with van der Waals surface area (Å²) in [5, 5.41) is 1.08. The Morgan fingerprint density at radius 2 is 1.38 bits per heavy atom.